The number of methoxy groups -OCH3 is 1. The first kappa shape index (κ1) is 19.5. The summed E-state index contributed by atoms with van der Waals surface area (Å²) < 4.78 is 10.5. The molecule has 4 rings (SSSR count). The number of carbonyl (C=O) groups is 2. The van der Waals surface area contributed by atoms with Crippen LogP contribution in [0.1, 0.15) is 28.5 Å². The first-order valence-electron chi connectivity index (χ1n) is 9.51. The van der Waals surface area contributed by atoms with Crippen molar-refractivity contribution < 1.29 is 23.8 Å². The summed E-state index contributed by atoms with van der Waals surface area (Å²) in [6, 6.07) is 17.0. The van der Waals surface area contributed by atoms with Crippen molar-refractivity contribution >= 4 is 17.4 Å². The lowest BCUT2D eigenvalue weighted by Gasteiger charge is -2.24. The van der Waals surface area contributed by atoms with E-state index in [2.05, 4.69) is 0 Å². The Morgan fingerprint density at radius 3 is 2.37 bits per heavy atom. The summed E-state index contributed by atoms with van der Waals surface area (Å²) in [5, 5.41) is 11.0. The fourth-order valence-corrected chi connectivity index (χ4v) is 3.61. The third kappa shape index (κ3) is 3.48. The molecule has 1 fully saturated rings. The van der Waals surface area contributed by atoms with Crippen LogP contribution in [-0.2, 0) is 16.1 Å². The van der Waals surface area contributed by atoms with Crippen LogP contribution in [0.15, 0.2) is 76.9 Å². The van der Waals surface area contributed by atoms with E-state index in [1.165, 1.54) is 11.2 Å². The van der Waals surface area contributed by atoms with E-state index >= 15 is 0 Å². The lowest BCUT2D eigenvalue weighted by atomic mass is 9.94. The summed E-state index contributed by atoms with van der Waals surface area (Å²) in [6.45, 7) is 2.08. The smallest absolute Gasteiger partial charge is 0.296 e. The number of ether oxygens (including phenoxy) is 1. The molecule has 0 unspecified atom stereocenters. The number of amides is 1. The van der Waals surface area contributed by atoms with Gasteiger partial charge in [-0.25, -0.2) is 0 Å². The second kappa shape index (κ2) is 7.91. The van der Waals surface area contributed by atoms with Crippen molar-refractivity contribution in [2.24, 2.45) is 0 Å². The first-order valence-corrected chi connectivity index (χ1v) is 9.51. The molecule has 0 radical (unpaired) electrons. The van der Waals surface area contributed by atoms with Gasteiger partial charge in [-0.15, -0.1) is 0 Å². The van der Waals surface area contributed by atoms with Crippen molar-refractivity contribution in [3.8, 4) is 5.75 Å². The zero-order chi connectivity index (χ0) is 21.3. The van der Waals surface area contributed by atoms with Crippen molar-refractivity contribution in [3.05, 3.63) is 95.0 Å². The van der Waals surface area contributed by atoms with E-state index in [4.69, 9.17) is 9.15 Å². The number of rotatable bonds is 5. The number of hydrogen-bond acceptors (Lipinski definition) is 5. The summed E-state index contributed by atoms with van der Waals surface area (Å²) >= 11 is 0. The van der Waals surface area contributed by atoms with Gasteiger partial charge in [0.25, 0.3) is 11.7 Å². The van der Waals surface area contributed by atoms with Gasteiger partial charge in [0.15, 0.2) is 0 Å². The predicted octanol–water partition coefficient (Wildman–Crippen LogP) is 4.22. The number of aryl methyl sites for hydroxylation is 1. The lowest BCUT2D eigenvalue weighted by Crippen LogP contribution is -2.29. The van der Waals surface area contributed by atoms with Gasteiger partial charge in [-0.2, -0.15) is 0 Å². The standard InChI is InChI=1S/C24H21NO5/c1-15-5-7-16(8-6-15)21-20(22(26)17-9-11-18(29-2)12-10-17)23(27)24(28)25(21)14-19-4-3-13-30-19/h3-13,21,26H,14H2,1-2H3/t21-/m1/s1. The van der Waals surface area contributed by atoms with Crippen LogP contribution in [0.25, 0.3) is 5.76 Å². The summed E-state index contributed by atoms with van der Waals surface area (Å²) in [6.07, 6.45) is 1.52. The number of ketones is 1. The Balaban J connectivity index is 1.84. The maximum atomic E-state index is 13.0. The molecule has 0 bridgehead atoms. The number of furan rings is 1. The number of Topliss-reactive ketones (excluding diaryl/α,β-unsaturated/α-hetero) is 1. The first-order chi connectivity index (χ1) is 14.5. The van der Waals surface area contributed by atoms with Crippen LogP contribution in [0.3, 0.4) is 0 Å². The molecule has 3 aromatic rings. The molecule has 1 aliphatic heterocycles. The van der Waals surface area contributed by atoms with Crippen molar-refractivity contribution in [3.63, 3.8) is 0 Å². The minimum absolute atomic E-state index is 0.0561. The van der Waals surface area contributed by atoms with E-state index in [-0.39, 0.29) is 17.9 Å². The number of benzene rings is 2. The van der Waals surface area contributed by atoms with E-state index in [0.29, 0.717) is 17.1 Å². The summed E-state index contributed by atoms with van der Waals surface area (Å²) in [5.74, 6) is -0.436. The Kier molecular flexibility index (Phi) is 5.14. The minimum Gasteiger partial charge on any atom is -0.507 e. The normalized spacial score (nSPS) is 18.1. The average molecular weight is 403 g/mol. The van der Waals surface area contributed by atoms with Gasteiger partial charge in [-0.1, -0.05) is 29.8 Å². The van der Waals surface area contributed by atoms with Gasteiger partial charge < -0.3 is 19.2 Å². The SMILES string of the molecule is COc1ccc(C(O)=C2C(=O)C(=O)N(Cc3ccco3)[C@@H]2c2ccc(C)cc2)cc1. The van der Waals surface area contributed by atoms with Gasteiger partial charge in [0.05, 0.1) is 31.5 Å². The number of likely N-dealkylation sites (tertiary alicyclic amines) is 1. The molecule has 1 N–H and O–H groups in total. The monoisotopic (exact) mass is 403 g/mol. The van der Waals surface area contributed by atoms with E-state index < -0.39 is 17.7 Å². The molecule has 30 heavy (non-hydrogen) atoms. The third-order valence-electron chi connectivity index (χ3n) is 5.20. The summed E-state index contributed by atoms with van der Waals surface area (Å²) in [5.41, 5.74) is 2.28. The molecule has 0 saturated carbocycles. The lowest BCUT2D eigenvalue weighted by molar-refractivity contribution is -0.140. The average Bonchev–Trinajstić information content (AvgIpc) is 3.36. The number of nitrogens with zero attached hydrogens (tertiary/aromatic N) is 1. The van der Waals surface area contributed by atoms with Crippen molar-refractivity contribution in [2.75, 3.05) is 7.11 Å². The predicted molar refractivity (Wildman–Crippen MR) is 111 cm³/mol. The topological polar surface area (TPSA) is 80.0 Å². The van der Waals surface area contributed by atoms with Crippen molar-refractivity contribution in [1.29, 1.82) is 0 Å². The molecular formula is C24H21NO5. The molecule has 2 heterocycles. The van der Waals surface area contributed by atoms with E-state index in [1.807, 2.05) is 31.2 Å². The molecule has 2 aromatic carbocycles. The zero-order valence-corrected chi connectivity index (χ0v) is 16.7. The van der Waals surface area contributed by atoms with Gasteiger partial charge in [-0.3, -0.25) is 9.59 Å². The van der Waals surface area contributed by atoms with Crippen LogP contribution in [0.4, 0.5) is 0 Å². The van der Waals surface area contributed by atoms with Gasteiger partial charge in [0.1, 0.15) is 17.3 Å². The fraction of sp³-hybridized carbons (Fsp3) is 0.167. The maximum Gasteiger partial charge on any atom is 0.296 e. The molecule has 6 nitrogen and oxygen atoms in total. The van der Waals surface area contributed by atoms with Crippen LogP contribution >= 0.6 is 0 Å². The largest absolute Gasteiger partial charge is 0.507 e. The highest BCUT2D eigenvalue weighted by Gasteiger charge is 2.46. The molecular weight excluding hydrogens is 382 g/mol. The van der Waals surface area contributed by atoms with Crippen LogP contribution < -0.4 is 4.74 Å². The molecule has 1 aromatic heterocycles. The van der Waals surface area contributed by atoms with Crippen molar-refractivity contribution in [2.45, 2.75) is 19.5 Å². The molecule has 152 valence electrons. The van der Waals surface area contributed by atoms with Crippen LogP contribution in [-0.4, -0.2) is 28.8 Å². The Labute approximate surface area is 174 Å². The highest BCUT2D eigenvalue weighted by molar-refractivity contribution is 6.46. The highest BCUT2D eigenvalue weighted by Crippen LogP contribution is 2.40. The summed E-state index contributed by atoms with van der Waals surface area (Å²) in [7, 11) is 1.55. The zero-order valence-electron chi connectivity index (χ0n) is 16.7. The van der Waals surface area contributed by atoms with Crippen LogP contribution in [0.5, 0.6) is 5.75 Å². The number of carbonyl (C=O) groups excluding carboxylic acids is 2. The molecule has 0 aliphatic carbocycles. The number of aliphatic hydroxyl groups is 1. The molecule has 0 spiro atoms. The maximum absolute atomic E-state index is 13.0. The quantitative estimate of drug-likeness (QED) is 0.392. The van der Waals surface area contributed by atoms with Crippen LogP contribution in [0, 0.1) is 6.92 Å². The second-order valence-corrected chi connectivity index (χ2v) is 7.15. The van der Waals surface area contributed by atoms with E-state index in [1.54, 1.807) is 43.5 Å². The molecule has 1 saturated heterocycles. The van der Waals surface area contributed by atoms with Gasteiger partial charge in [-0.05, 0) is 48.9 Å². The third-order valence-corrected chi connectivity index (χ3v) is 5.20. The van der Waals surface area contributed by atoms with Crippen molar-refractivity contribution in [1.82, 2.24) is 4.90 Å². The molecule has 1 aliphatic rings. The highest BCUT2D eigenvalue weighted by atomic mass is 16.5. The van der Waals surface area contributed by atoms with E-state index in [9.17, 15) is 14.7 Å². The Morgan fingerprint density at radius 2 is 1.77 bits per heavy atom. The van der Waals surface area contributed by atoms with Crippen LogP contribution in [0.2, 0.25) is 0 Å². The minimum atomic E-state index is -0.724. The molecule has 6 heteroatoms. The second-order valence-electron chi connectivity index (χ2n) is 7.15. The molecule has 1 atom stereocenters. The summed E-state index contributed by atoms with van der Waals surface area (Å²) in [4.78, 5) is 27.3. The Morgan fingerprint density at radius 1 is 1.07 bits per heavy atom. The van der Waals surface area contributed by atoms with Gasteiger partial charge in [0.2, 0.25) is 0 Å². The fourth-order valence-electron chi connectivity index (χ4n) is 3.61. The van der Waals surface area contributed by atoms with Gasteiger partial charge >= 0.3 is 0 Å². The van der Waals surface area contributed by atoms with E-state index in [0.717, 1.165) is 11.1 Å². The number of aliphatic hydroxyl groups excluding tert-OH is 1. The Bertz CT molecular complexity index is 1100. The molecule has 1 amide bonds. The number of hydrogen-bond donors (Lipinski definition) is 1. The Hall–Kier alpha value is -3.80. The van der Waals surface area contributed by atoms with Gasteiger partial charge in [0, 0.05) is 5.56 Å².